The molecule has 3 atom stereocenters. The molecule has 1 aromatic heterocycles. The van der Waals surface area contributed by atoms with Gasteiger partial charge in [0.1, 0.15) is 12.3 Å². The van der Waals surface area contributed by atoms with Crippen LogP contribution in [0.25, 0.3) is 0 Å². The van der Waals surface area contributed by atoms with E-state index in [1.165, 1.54) is 17.9 Å². The number of rotatable bonds is 6. The lowest BCUT2D eigenvalue weighted by Crippen LogP contribution is -2.34. The fourth-order valence-corrected chi connectivity index (χ4v) is 2.77. The average molecular weight is 350 g/mol. The number of aromatic nitrogens is 2. The summed E-state index contributed by atoms with van der Waals surface area (Å²) >= 11 is 0. The zero-order valence-corrected chi connectivity index (χ0v) is 13.6. The molecule has 130 valence electrons. The van der Waals surface area contributed by atoms with Crippen LogP contribution in [-0.2, 0) is 25.0 Å². The largest absolute Gasteiger partial charge is 0.469 e. The highest BCUT2D eigenvalue weighted by molar-refractivity contribution is 7.46. The first kappa shape index (κ1) is 18.1. The Morgan fingerprint density at radius 2 is 2.17 bits per heavy atom. The average Bonchev–Trinajstić information content (AvgIpc) is 2.87. The number of aromatic amines is 1. The van der Waals surface area contributed by atoms with E-state index < -0.39 is 37.5 Å². The van der Waals surface area contributed by atoms with Gasteiger partial charge in [-0.15, -0.1) is 0 Å². The van der Waals surface area contributed by atoms with Crippen LogP contribution in [0.2, 0.25) is 0 Å². The van der Waals surface area contributed by atoms with Crippen LogP contribution >= 0.6 is 7.82 Å². The number of phosphoric acid groups is 1. The summed E-state index contributed by atoms with van der Waals surface area (Å²) in [5.41, 5.74) is -0.642. The van der Waals surface area contributed by atoms with Gasteiger partial charge in [0.05, 0.1) is 12.7 Å². The van der Waals surface area contributed by atoms with Crippen LogP contribution < -0.4 is 11.2 Å². The molecule has 0 aliphatic carbocycles. The van der Waals surface area contributed by atoms with Crippen molar-refractivity contribution < 1.29 is 28.3 Å². The van der Waals surface area contributed by atoms with Crippen molar-refractivity contribution in [2.45, 2.75) is 38.2 Å². The van der Waals surface area contributed by atoms with E-state index in [4.69, 9.17) is 19.3 Å². The molecule has 0 radical (unpaired) electrons. The summed E-state index contributed by atoms with van der Waals surface area (Å²) in [5.74, 6) is 0. The molecule has 2 rings (SSSR count). The number of hydrogen-bond donors (Lipinski definition) is 3. The first-order chi connectivity index (χ1) is 10.7. The third-order valence-corrected chi connectivity index (χ3v) is 4.11. The third-order valence-electron chi connectivity index (χ3n) is 3.62. The molecule has 1 aliphatic rings. The summed E-state index contributed by atoms with van der Waals surface area (Å²) < 4.78 is 27.3. The first-order valence-electron chi connectivity index (χ1n) is 6.97. The predicted octanol–water partition coefficient (Wildman–Crippen LogP) is -0.489. The summed E-state index contributed by atoms with van der Waals surface area (Å²) in [5, 5.41) is 0. The van der Waals surface area contributed by atoms with Gasteiger partial charge in [0.15, 0.2) is 0 Å². The Balaban J connectivity index is 2.21. The second-order valence-corrected chi connectivity index (χ2v) is 6.34. The molecular formula is C12H19N2O8P. The molecule has 1 saturated heterocycles. The molecule has 1 unspecified atom stereocenters. The van der Waals surface area contributed by atoms with Gasteiger partial charge in [-0.25, -0.2) is 9.36 Å². The van der Waals surface area contributed by atoms with Crippen molar-refractivity contribution in [1.82, 2.24) is 9.55 Å². The lowest BCUT2D eigenvalue weighted by molar-refractivity contribution is -0.0526. The minimum atomic E-state index is -4.63. The smallest absolute Gasteiger partial charge is 0.378 e. The van der Waals surface area contributed by atoms with Crippen LogP contribution in [0.5, 0.6) is 0 Å². The van der Waals surface area contributed by atoms with Crippen molar-refractivity contribution in [3.8, 4) is 0 Å². The maximum Gasteiger partial charge on any atom is 0.469 e. The third kappa shape index (κ3) is 4.37. The van der Waals surface area contributed by atoms with Crippen molar-refractivity contribution in [3.63, 3.8) is 0 Å². The summed E-state index contributed by atoms with van der Waals surface area (Å²) in [6, 6.07) is 0. The lowest BCUT2D eigenvalue weighted by atomic mass is 10.2. The number of aryl methyl sites for hydroxylation is 1. The van der Waals surface area contributed by atoms with Gasteiger partial charge in [-0.05, 0) is 6.42 Å². The maximum absolute atomic E-state index is 11.9. The maximum atomic E-state index is 11.9. The van der Waals surface area contributed by atoms with Crippen LogP contribution in [0.15, 0.2) is 15.8 Å². The summed E-state index contributed by atoms with van der Waals surface area (Å²) in [7, 11) is -3.20. The van der Waals surface area contributed by atoms with E-state index in [2.05, 4.69) is 9.51 Å². The van der Waals surface area contributed by atoms with Crippen molar-refractivity contribution in [2.24, 2.45) is 0 Å². The Morgan fingerprint density at radius 3 is 2.74 bits per heavy atom. The van der Waals surface area contributed by atoms with Crippen LogP contribution in [0.3, 0.4) is 0 Å². The van der Waals surface area contributed by atoms with E-state index >= 15 is 0 Å². The predicted molar refractivity (Wildman–Crippen MR) is 78.0 cm³/mol. The number of nitrogens with zero attached hydrogens (tertiary/aromatic N) is 1. The molecule has 23 heavy (non-hydrogen) atoms. The molecule has 10 nitrogen and oxygen atoms in total. The van der Waals surface area contributed by atoms with E-state index in [0.717, 1.165) is 0 Å². The number of phosphoric ester groups is 1. The molecule has 0 bridgehead atoms. The van der Waals surface area contributed by atoms with Crippen LogP contribution in [0.4, 0.5) is 0 Å². The summed E-state index contributed by atoms with van der Waals surface area (Å²) in [6.07, 6.45) is 0.170. The second-order valence-electron chi connectivity index (χ2n) is 5.10. The second kappa shape index (κ2) is 7.08. The standard InChI is InChI=1S/C12H19N2O8P/c1-3-7-5-14(12(16)13-11(7)15)10-4-8(20-2)9(22-10)6-21-23(17,18)19/h5,8-10H,3-4,6H2,1-2H3,(H,13,15,16)(H2,17,18,19)/t8?,9-,10-/m1/s1. The van der Waals surface area contributed by atoms with Gasteiger partial charge in [-0.3, -0.25) is 18.9 Å². The minimum Gasteiger partial charge on any atom is -0.378 e. The highest BCUT2D eigenvalue weighted by atomic mass is 31.2. The Hall–Kier alpha value is -1.29. The molecule has 1 aromatic rings. The topological polar surface area (TPSA) is 140 Å². The number of methoxy groups -OCH3 is 1. The number of hydrogen-bond acceptors (Lipinski definition) is 6. The summed E-state index contributed by atoms with van der Waals surface area (Å²) in [4.78, 5) is 43.3. The van der Waals surface area contributed by atoms with E-state index in [0.29, 0.717) is 12.0 Å². The molecule has 0 saturated carbocycles. The number of nitrogens with one attached hydrogen (secondary N) is 1. The van der Waals surface area contributed by atoms with Crippen LogP contribution in [0.1, 0.15) is 25.1 Å². The van der Waals surface area contributed by atoms with Crippen molar-refractivity contribution in [1.29, 1.82) is 0 Å². The lowest BCUT2D eigenvalue weighted by Gasteiger charge is -2.17. The SMILES string of the molecule is CCc1cn([C@H]2CC(OC)[C@@H](COP(=O)(O)O)O2)c(=O)[nH]c1=O. The van der Waals surface area contributed by atoms with Crippen molar-refractivity contribution in [2.75, 3.05) is 13.7 Å². The summed E-state index contributed by atoms with van der Waals surface area (Å²) in [6.45, 7) is 1.40. The van der Waals surface area contributed by atoms with E-state index in [1.807, 2.05) is 0 Å². The van der Waals surface area contributed by atoms with Gasteiger partial charge in [0, 0.05) is 25.3 Å². The highest BCUT2D eigenvalue weighted by Gasteiger charge is 2.38. The zero-order chi connectivity index (χ0) is 17.2. The number of ether oxygens (including phenoxy) is 2. The highest BCUT2D eigenvalue weighted by Crippen LogP contribution is 2.38. The van der Waals surface area contributed by atoms with Gasteiger partial charge in [-0.1, -0.05) is 6.92 Å². The fourth-order valence-electron chi connectivity index (χ4n) is 2.43. The van der Waals surface area contributed by atoms with Crippen LogP contribution in [-0.4, -0.2) is 45.3 Å². The molecule has 0 spiro atoms. The molecule has 1 aliphatic heterocycles. The van der Waals surface area contributed by atoms with Crippen molar-refractivity contribution >= 4 is 7.82 Å². The molecule has 2 heterocycles. The molecule has 1 fully saturated rings. The van der Waals surface area contributed by atoms with Gasteiger partial charge < -0.3 is 19.3 Å². The van der Waals surface area contributed by atoms with E-state index in [-0.39, 0.29) is 13.0 Å². The Labute approximate surface area is 131 Å². The Kier molecular flexibility index (Phi) is 5.56. The van der Waals surface area contributed by atoms with Crippen LogP contribution in [0, 0.1) is 0 Å². The number of H-pyrrole nitrogens is 1. The zero-order valence-electron chi connectivity index (χ0n) is 12.7. The Bertz CT molecular complexity index is 708. The van der Waals surface area contributed by atoms with Gasteiger partial charge in [0.2, 0.25) is 0 Å². The van der Waals surface area contributed by atoms with Gasteiger partial charge in [0.25, 0.3) is 5.56 Å². The quantitative estimate of drug-likeness (QED) is 0.584. The van der Waals surface area contributed by atoms with Gasteiger partial charge in [-0.2, -0.15) is 0 Å². The molecule has 0 aromatic carbocycles. The first-order valence-corrected chi connectivity index (χ1v) is 8.51. The van der Waals surface area contributed by atoms with E-state index in [1.54, 1.807) is 6.92 Å². The molecule has 0 amide bonds. The monoisotopic (exact) mass is 350 g/mol. The minimum absolute atomic E-state index is 0.279. The van der Waals surface area contributed by atoms with Gasteiger partial charge >= 0.3 is 13.5 Å². The molecule has 11 heteroatoms. The fraction of sp³-hybridized carbons (Fsp3) is 0.667. The normalized spacial score (nSPS) is 25.0. The Morgan fingerprint density at radius 1 is 1.48 bits per heavy atom. The molecule has 3 N–H and O–H groups in total. The molecular weight excluding hydrogens is 331 g/mol. The van der Waals surface area contributed by atoms with Crippen molar-refractivity contribution in [3.05, 3.63) is 32.6 Å². The van der Waals surface area contributed by atoms with E-state index in [9.17, 15) is 14.2 Å².